The molecule has 0 spiro atoms. The largest absolute Gasteiger partial charge is 0.328 e. The molecule has 1 aromatic heterocycles. The highest BCUT2D eigenvalue weighted by Crippen LogP contribution is 2.30. The van der Waals surface area contributed by atoms with Crippen LogP contribution in [0.2, 0.25) is 0 Å². The maximum absolute atomic E-state index is 11.9. The summed E-state index contributed by atoms with van der Waals surface area (Å²) in [4.78, 5) is 11.9. The van der Waals surface area contributed by atoms with Gasteiger partial charge in [-0.1, -0.05) is 29.8 Å². The summed E-state index contributed by atoms with van der Waals surface area (Å²) in [6.07, 6.45) is 5.93. The van der Waals surface area contributed by atoms with Crippen molar-refractivity contribution in [3.63, 3.8) is 0 Å². The third kappa shape index (κ3) is 2.59. The summed E-state index contributed by atoms with van der Waals surface area (Å²) in [5, 5.41) is 0.941. The Labute approximate surface area is 106 Å². The number of alkyl halides is 1. The number of imidazole rings is 1. The smallest absolute Gasteiger partial charge is 0.300 e. The molecule has 0 saturated carbocycles. The minimum absolute atomic E-state index is 0.106. The highest BCUT2D eigenvalue weighted by atomic mass is 79.9. The zero-order valence-electron chi connectivity index (χ0n) is 10.4. The van der Waals surface area contributed by atoms with Gasteiger partial charge < -0.3 is 0 Å². The molecular formula is C12H21BrN2O. The summed E-state index contributed by atoms with van der Waals surface area (Å²) in [6.45, 7) is 7.91. The molecule has 0 atom stereocenters. The monoisotopic (exact) mass is 288 g/mol. The molecule has 92 valence electrons. The molecule has 0 N–H and O–H groups in total. The second-order valence-electron chi connectivity index (χ2n) is 4.34. The molecule has 1 aromatic rings. The van der Waals surface area contributed by atoms with Crippen LogP contribution in [0.3, 0.4) is 0 Å². The van der Waals surface area contributed by atoms with Crippen molar-refractivity contribution >= 4 is 15.9 Å². The molecule has 1 heterocycles. The Kier molecular flexibility index (Phi) is 4.84. The van der Waals surface area contributed by atoms with Crippen LogP contribution in [-0.4, -0.2) is 14.5 Å². The molecule has 0 aliphatic heterocycles. The molecule has 0 aromatic carbocycles. The average molecular weight is 289 g/mol. The molecule has 0 amide bonds. The van der Waals surface area contributed by atoms with Gasteiger partial charge in [-0.05, 0) is 25.2 Å². The van der Waals surface area contributed by atoms with Gasteiger partial charge in [0, 0.05) is 30.8 Å². The van der Waals surface area contributed by atoms with Crippen LogP contribution in [0.1, 0.15) is 33.6 Å². The van der Waals surface area contributed by atoms with Gasteiger partial charge >= 0.3 is 5.69 Å². The highest BCUT2D eigenvalue weighted by molar-refractivity contribution is 9.09. The van der Waals surface area contributed by atoms with Crippen molar-refractivity contribution < 1.29 is 0 Å². The van der Waals surface area contributed by atoms with E-state index in [2.05, 4.69) is 29.8 Å². The highest BCUT2D eigenvalue weighted by Gasteiger charge is 2.26. The Morgan fingerprint density at radius 1 is 1.19 bits per heavy atom. The van der Waals surface area contributed by atoms with Gasteiger partial charge in [0.2, 0.25) is 0 Å². The van der Waals surface area contributed by atoms with E-state index in [1.165, 1.54) is 0 Å². The zero-order valence-corrected chi connectivity index (χ0v) is 12.0. The minimum atomic E-state index is 0.106. The third-order valence-corrected chi connectivity index (χ3v) is 4.74. The lowest BCUT2D eigenvalue weighted by molar-refractivity contribution is 0.255. The van der Waals surface area contributed by atoms with Crippen molar-refractivity contribution in [1.82, 2.24) is 9.13 Å². The van der Waals surface area contributed by atoms with Gasteiger partial charge in [0.25, 0.3) is 0 Å². The predicted molar refractivity (Wildman–Crippen MR) is 71.2 cm³/mol. The van der Waals surface area contributed by atoms with Crippen LogP contribution in [0.15, 0.2) is 17.2 Å². The number of aryl methyl sites for hydroxylation is 1. The van der Waals surface area contributed by atoms with Crippen LogP contribution < -0.4 is 5.69 Å². The minimum Gasteiger partial charge on any atom is -0.300 e. The lowest BCUT2D eigenvalue weighted by Gasteiger charge is -2.29. The Morgan fingerprint density at radius 2 is 1.75 bits per heavy atom. The van der Waals surface area contributed by atoms with Gasteiger partial charge in [-0.25, -0.2) is 4.79 Å². The Bertz CT molecular complexity index is 368. The summed E-state index contributed by atoms with van der Waals surface area (Å²) in [5.41, 5.74) is 0.304. The lowest BCUT2D eigenvalue weighted by Crippen LogP contribution is -2.33. The van der Waals surface area contributed by atoms with E-state index in [1.807, 2.05) is 23.9 Å². The van der Waals surface area contributed by atoms with Gasteiger partial charge in [-0.2, -0.15) is 0 Å². The van der Waals surface area contributed by atoms with Crippen molar-refractivity contribution in [3.8, 4) is 0 Å². The Balaban J connectivity index is 2.94. The van der Waals surface area contributed by atoms with E-state index < -0.39 is 0 Å². The fourth-order valence-corrected chi connectivity index (χ4v) is 2.85. The summed E-state index contributed by atoms with van der Waals surface area (Å²) < 4.78 is 3.57. The van der Waals surface area contributed by atoms with E-state index in [4.69, 9.17) is 0 Å². The summed E-state index contributed by atoms with van der Waals surface area (Å²) in [7, 11) is 0. The number of rotatable bonds is 6. The number of hydrogen-bond donors (Lipinski definition) is 0. The second kappa shape index (κ2) is 5.71. The quantitative estimate of drug-likeness (QED) is 0.740. The second-order valence-corrected chi connectivity index (χ2v) is 4.90. The number of hydrogen-bond acceptors (Lipinski definition) is 1. The Hall–Kier alpha value is -0.510. The Morgan fingerprint density at radius 3 is 2.12 bits per heavy atom. The van der Waals surface area contributed by atoms with Crippen LogP contribution in [0.5, 0.6) is 0 Å². The maximum Gasteiger partial charge on any atom is 0.328 e. The molecule has 0 radical (unpaired) electrons. The van der Waals surface area contributed by atoms with Gasteiger partial charge in [0.05, 0.1) is 0 Å². The summed E-state index contributed by atoms with van der Waals surface area (Å²) in [5.74, 6) is 0. The molecule has 4 heteroatoms. The molecule has 0 aliphatic rings. The fourth-order valence-electron chi connectivity index (χ4n) is 1.88. The van der Waals surface area contributed by atoms with Crippen molar-refractivity contribution in [1.29, 1.82) is 0 Å². The maximum atomic E-state index is 11.9. The van der Waals surface area contributed by atoms with E-state index in [0.29, 0.717) is 0 Å². The van der Waals surface area contributed by atoms with Crippen molar-refractivity contribution in [2.75, 3.05) is 5.33 Å². The molecule has 0 unspecified atom stereocenters. The van der Waals surface area contributed by atoms with E-state index in [0.717, 1.165) is 31.3 Å². The first-order valence-corrected chi connectivity index (χ1v) is 7.06. The zero-order chi connectivity index (χ0) is 12.2. The van der Waals surface area contributed by atoms with Crippen LogP contribution >= 0.6 is 15.9 Å². The normalized spacial score (nSPS) is 12.0. The summed E-state index contributed by atoms with van der Waals surface area (Å²) in [6, 6.07) is 0. The number of nitrogens with zero attached hydrogens (tertiary/aromatic N) is 2. The molecule has 0 aliphatic carbocycles. The lowest BCUT2D eigenvalue weighted by atomic mass is 9.84. The van der Waals surface area contributed by atoms with Gasteiger partial charge in [0.15, 0.2) is 0 Å². The van der Waals surface area contributed by atoms with E-state index in [-0.39, 0.29) is 11.1 Å². The molecule has 0 saturated heterocycles. The van der Waals surface area contributed by atoms with Crippen LogP contribution in [0.25, 0.3) is 0 Å². The molecule has 3 nitrogen and oxygen atoms in total. The van der Waals surface area contributed by atoms with Gasteiger partial charge in [0.1, 0.15) is 0 Å². The van der Waals surface area contributed by atoms with E-state index in [1.54, 1.807) is 4.57 Å². The molecular weight excluding hydrogens is 268 g/mol. The van der Waals surface area contributed by atoms with Gasteiger partial charge in [-0.3, -0.25) is 9.13 Å². The van der Waals surface area contributed by atoms with Gasteiger partial charge in [-0.15, -0.1) is 0 Å². The first-order chi connectivity index (χ1) is 7.62. The summed E-state index contributed by atoms with van der Waals surface area (Å²) >= 11 is 3.58. The molecule has 0 fully saturated rings. The first kappa shape index (κ1) is 13.6. The molecule has 1 rings (SSSR count). The van der Waals surface area contributed by atoms with Crippen LogP contribution in [0, 0.1) is 5.41 Å². The SMILES string of the molecule is CCn1ccn(CC(CC)(CC)CBr)c1=O. The molecule has 0 bridgehead atoms. The average Bonchev–Trinajstić information content (AvgIpc) is 2.67. The number of aromatic nitrogens is 2. The van der Waals surface area contributed by atoms with Crippen molar-refractivity contribution in [2.45, 2.75) is 46.7 Å². The topological polar surface area (TPSA) is 26.9 Å². The number of halogens is 1. The van der Waals surface area contributed by atoms with Crippen molar-refractivity contribution in [3.05, 3.63) is 22.9 Å². The predicted octanol–water partition coefficient (Wildman–Crippen LogP) is 2.87. The van der Waals surface area contributed by atoms with E-state index >= 15 is 0 Å². The third-order valence-electron chi connectivity index (χ3n) is 3.55. The van der Waals surface area contributed by atoms with Crippen LogP contribution in [-0.2, 0) is 13.1 Å². The van der Waals surface area contributed by atoms with E-state index in [9.17, 15) is 4.79 Å². The van der Waals surface area contributed by atoms with Crippen LogP contribution in [0.4, 0.5) is 0 Å². The fraction of sp³-hybridized carbons (Fsp3) is 0.750. The standard InChI is InChI=1S/C12H21BrN2O/c1-4-12(5-2,9-13)10-15-8-7-14(6-3)11(15)16/h7-8H,4-6,9-10H2,1-3H3. The first-order valence-electron chi connectivity index (χ1n) is 5.94. The molecule has 16 heavy (non-hydrogen) atoms. The van der Waals surface area contributed by atoms with Crippen molar-refractivity contribution in [2.24, 2.45) is 5.41 Å².